The molecule has 0 aliphatic carbocycles. The van der Waals surface area contributed by atoms with Crippen molar-refractivity contribution >= 4 is 38.9 Å². The van der Waals surface area contributed by atoms with Crippen LogP contribution in [0, 0.1) is 10.1 Å². The molecule has 21 heavy (non-hydrogen) atoms. The molecule has 0 fully saturated rings. The normalized spacial score (nSPS) is 12.0. The van der Waals surface area contributed by atoms with E-state index in [-0.39, 0.29) is 11.7 Å². The summed E-state index contributed by atoms with van der Waals surface area (Å²) in [7, 11) is 0. The molecule has 1 unspecified atom stereocenters. The van der Waals surface area contributed by atoms with Gasteiger partial charge in [0.05, 0.1) is 16.7 Å². The van der Waals surface area contributed by atoms with Crippen LogP contribution in [0.15, 0.2) is 46.9 Å². The fourth-order valence-corrected chi connectivity index (χ4v) is 2.53. The molecule has 0 saturated carbocycles. The van der Waals surface area contributed by atoms with Gasteiger partial charge in [-0.05, 0) is 46.1 Å². The quantitative estimate of drug-likeness (QED) is 0.553. The first-order valence-electron chi connectivity index (χ1n) is 6.47. The summed E-state index contributed by atoms with van der Waals surface area (Å²) in [5.74, 6) is 0. The van der Waals surface area contributed by atoms with Gasteiger partial charge in [-0.15, -0.1) is 0 Å². The molecule has 2 rings (SSSR count). The van der Waals surface area contributed by atoms with Crippen LogP contribution >= 0.6 is 27.5 Å². The SMILES string of the molecule is CCC(Nc1cc([N+](=O)[O-])ccc1Br)c1ccc(Cl)cc1. The maximum Gasteiger partial charge on any atom is 0.271 e. The number of benzene rings is 2. The number of rotatable bonds is 5. The second kappa shape index (κ2) is 6.91. The maximum atomic E-state index is 10.9. The molecule has 4 nitrogen and oxygen atoms in total. The molecule has 2 aromatic rings. The third-order valence-electron chi connectivity index (χ3n) is 3.17. The summed E-state index contributed by atoms with van der Waals surface area (Å²) < 4.78 is 0.792. The van der Waals surface area contributed by atoms with Crippen LogP contribution < -0.4 is 5.32 Å². The summed E-state index contributed by atoms with van der Waals surface area (Å²) in [5, 5.41) is 14.9. The molecule has 0 aromatic heterocycles. The molecule has 0 heterocycles. The fraction of sp³-hybridized carbons (Fsp3) is 0.200. The highest BCUT2D eigenvalue weighted by atomic mass is 79.9. The lowest BCUT2D eigenvalue weighted by molar-refractivity contribution is -0.384. The minimum Gasteiger partial charge on any atom is -0.377 e. The predicted octanol–water partition coefficient (Wildman–Crippen LogP) is 5.57. The molecular formula is C15H14BrClN2O2. The van der Waals surface area contributed by atoms with E-state index in [0.717, 1.165) is 16.5 Å². The van der Waals surface area contributed by atoms with E-state index in [9.17, 15) is 10.1 Å². The number of hydrogen-bond acceptors (Lipinski definition) is 3. The smallest absolute Gasteiger partial charge is 0.271 e. The lowest BCUT2D eigenvalue weighted by atomic mass is 10.0. The highest BCUT2D eigenvalue weighted by Crippen LogP contribution is 2.31. The number of nitrogens with one attached hydrogen (secondary N) is 1. The molecular weight excluding hydrogens is 356 g/mol. The number of nitro groups is 1. The van der Waals surface area contributed by atoms with Crippen molar-refractivity contribution in [1.82, 2.24) is 0 Å². The van der Waals surface area contributed by atoms with E-state index in [0.29, 0.717) is 10.7 Å². The van der Waals surface area contributed by atoms with Crippen molar-refractivity contribution in [2.75, 3.05) is 5.32 Å². The van der Waals surface area contributed by atoms with Crippen LogP contribution in [0.4, 0.5) is 11.4 Å². The van der Waals surface area contributed by atoms with Gasteiger partial charge in [0.15, 0.2) is 0 Å². The maximum absolute atomic E-state index is 10.9. The molecule has 0 aliphatic heterocycles. The van der Waals surface area contributed by atoms with E-state index in [1.54, 1.807) is 6.07 Å². The Bertz CT molecular complexity index is 647. The van der Waals surface area contributed by atoms with Gasteiger partial charge in [-0.1, -0.05) is 30.7 Å². The van der Waals surface area contributed by atoms with Crippen LogP contribution in [0.5, 0.6) is 0 Å². The van der Waals surface area contributed by atoms with E-state index in [2.05, 4.69) is 28.2 Å². The van der Waals surface area contributed by atoms with Crippen molar-refractivity contribution in [3.05, 3.63) is 67.6 Å². The van der Waals surface area contributed by atoms with Crippen molar-refractivity contribution in [3.8, 4) is 0 Å². The zero-order valence-electron chi connectivity index (χ0n) is 11.3. The van der Waals surface area contributed by atoms with Crippen molar-refractivity contribution < 1.29 is 4.92 Å². The van der Waals surface area contributed by atoms with Gasteiger partial charge in [-0.25, -0.2) is 0 Å². The molecule has 1 atom stereocenters. The molecule has 1 N–H and O–H groups in total. The van der Waals surface area contributed by atoms with E-state index in [1.165, 1.54) is 12.1 Å². The van der Waals surface area contributed by atoms with Crippen molar-refractivity contribution in [1.29, 1.82) is 0 Å². The minimum atomic E-state index is -0.402. The van der Waals surface area contributed by atoms with Gasteiger partial charge in [-0.2, -0.15) is 0 Å². The van der Waals surface area contributed by atoms with Gasteiger partial charge in [0.1, 0.15) is 0 Å². The van der Waals surface area contributed by atoms with E-state index in [1.807, 2.05) is 24.3 Å². The van der Waals surface area contributed by atoms with Crippen LogP contribution in [0.2, 0.25) is 5.02 Å². The molecule has 6 heteroatoms. The summed E-state index contributed by atoms with van der Waals surface area (Å²) in [6.07, 6.45) is 0.844. The fourth-order valence-electron chi connectivity index (χ4n) is 2.04. The van der Waals surface area contributed by atoms with E-state index in [4.69, 9.17) is 11.6 Å². The number of nitrogens with zero attached hydrogens (tertiary/aromatic N) is 1. The zero-order chi connectivity index (χ0) is 15.4. The average Bonchev–Trinajstić information content (AvgIpc) is 2.47. The Morgan fingerprint density at radius 1 is 1.29 bits per heavy atom. The monoisotopic (exact) mass is 368 g/mol. The standard InChI is InChI=1S/C15H14BrClN2O2/c1-2-14(10-3-5-11(17)6-4-10)18-15-9-12(19(20)21)7-8-13(15)16/h3-9,14,18H,2H2,1H3. The van der Waals surface area contributed by atoms with Gasteiger partial charge < -0.3 is 5.32 Å². The van der Waals surface area contributed by atoms with Gasteiger partial charge in [0.2, 0.25) is 0 Å². The second-order valence-electron chi connectivity index (χ2n) is 4.58. The lowest BCUT2D eigenvalue weighted by Crippen LogP contribution is -2.10. The van der Waals surface area contributed by atoms with Crippen LogP contribution in [0.1, 0.15) is 24.9 Å². The van der Waals surface area contributed by atoms with E-state index >= 15 is 0 Å². The molecule has 0 saturated heterocycles. The Balaban J connectivity index is 2.28. The Labute approximate surface area is 136 Å². The topological polar surface area (TPSA) is 55.2 Å². The van der Waals surface area contributed by atoms with E-state index < -0.39 is 4.92 Å². The predicted molar refractivity (Wildman–Crippen MR) is 88.9 cm³/mol. The number of halogens is 2. The summed E-state index contributed by atoms with van der Waals surface area (Å²) in [6, 6.07) is 12.3. The van der Waals surface area contributed by atoms with Crippen LogP contribution in [0.25, 0.3) is 0 Å². The highest BCUT2D eigenvalue weighted by Gasteiger charge is 2.14. The zero-order valence-corrected chi connectivity index (χ0v) is 13.7. The van der Waals surface area contributed by atoms with Gasteiger partial charge in [0, 0.05) is 21.6 Å². The first kappa shape index (κ1) is 15.8. The molecule has 0 spiro atoms. The molecule has 2 aromatic carbocycles. The lowest BCUT2D eigenvalue weighted by Gasteiger charge is -2.19. The highest BCUT2D eigenvalue weighted by molar-refractivity contribution is 9.10. The number of anilines is 1. The Morgan fingerprint density at radius 2 is 1.95 bits per heavy atom. The molecule has 0 radical (unpaired) electrons. The summed E-state index contributed by atoms with van der Waals surface area (Å²) in [5.41, 5.74) is 1.85. The number of non-ortho nitro benzene ring substituents is 1. The molecule has 0 aliphatic rings. The first-order chi connectivity index (χ1) is 10.0. The Kier molecular flexibility index (Phi) is 5.20. The number of nitro benzene ring substituents is 1. The third kappa shape index (κ3) is 3.95. The summed E-state index contributed by atoms with van der Waals surface area (Å²) >= 11 is 9.31. The first-order valence-corrected chi connectivity index (χ1v) is 7.64. The third-order valence-corrected chi connectivity index (χ3v) is 4.11. The summed E-state index contributed by atoms with van der Waals surface area (Å²) in [6.45, 7) is 2.05. The van der Waals surface area contributed by atoms with Crippen LogP contribution in [0.3, 0.4) is 0 Å². The average molecular weight is 370 g/mol. The largest absolute Gasteiger partial charge is 0.377 e. The summed E-state index contributed by atoms with van der Waals surface area (Å²) in [4.78, 5) is 10.5. The van der Waals surface area contributed by atoms with Crippen molar-refractivity contribution in [2.45, 2.75) is 19.4 Å². The minimum absolute atomic E-state index is 0.0561. The van der Waals surface area contributed by atoms with Crippen LogP contribution in [-0.2, 0) is 0 Å². The Morgan fingerprint density at radius 3 is 2.52 bits per heavy atom. The van der Waals surface area contributed by atoms with Gasteiger partial charge in [0.25, 0.3) is 5.69 Å². The molecule has 0 amide bonds. The second-order valence-corrected chi connectivity index (χ2v) is 5.87. The van der Waals surface area contributed by atoms with Gasteiger partial charge >= 0.3 is 0 Å². The number of hydrogen-bond donors (Lipinski definition) is 1. The van der Waals surface area contributed by atoms with Crippen molar-refractivity contribution in [3.63, 3.8) is 0 Å². The van der Waals surface area contributed by atoms with Crippen molar-refractivity contribution in [2.24, 2.45) is 0 Å². The Hall–Kier alpha value is -1.59. The van der Waals surface area contributed by atoms with Crippen LogP contribution in [-0.4, -0.2) is 4.92 Å². The van der Waals surface area contributed by atoms with Gasteiger partial charge in [-0.3, -0.25) is 10.1 Å². The molecule has 0 bridgehead atoms. The molecule has 110 valence electrons.